The minimum Gasteiger partial charge on any atom is -0.334 e. The first-order valence-electron chi connectivity index (χ1n) is 6.59. The third kappa shape index (κ3) is 1.84. The lowest BCUT2D eigenvalue weighted by Gasteiger charge is -2.37. The summed E-state index contributed by atoms with van der Waals surface area (Å²) in [6.07, 6.45) is 3.08. The van der Waals surface area contributed by atoms with Crippen molar-refractivity contribution in [3.05, 3.63) is 23.9 Å². The summed E-state index contributed by atoms with van der Waals surface area (Å²) in [5, 5.41) is 7.91. The molecule has 0 radical (unpaired) electrons. The second kappa shape index (κ2) is 4.57. The molecule has 5 heteroatoms. The van der Waals surface area contributed by atoms with Gasteiger partial charge in [-0.05, 0) is 25.0 Å². The van der Waals surface area contributed by atoms with E-state index >= 15 is 0 Å². The summed E-state index contributed by atoms with van der Waals surface area (Å²) in [5.41, 5.74) is 2.13. The van der Waals surface area contributed by atoms with Crippen LogP contribution in [0.4, 0.5) is 5.95 Å². The first-order valence-corrected chi connectivity index (χ1v) is 6.59. The average Bonchev–Trinajstić information content (AvgIpc) is 2.71. The second-order valence-electron chi connectivity index (χ2n) is 4.88. The molecule has 0 atom stereocenters. The van der Waals surface area contributed by atoms with Crippen molar-refractivity contribution in [2.45, 2.75) is 26.3 Å². The fourth-order valence-corrected chi connectivity index (χ4v) is 2.33. The van der Waals surface area contributed by atoms with Gasteiger partial charge >= 0.3 is 0 Å². The van der Waals surface area contributed by atoms with E-state index in [0.29, 0.717) is 6.04 Å². The number of anilines is 1. The van der Waals surface area contributed by atoms with Gasteiger partial charge in [-0.3, -0.25) is 0 Å². The fourth-order valence-electron chi connectivity index (χ4n) is 2.33. The summed E-state index contributed by atoms with van der Waals surface area (Å²) >= 11 is 0. The zero-order chi connectivity index (χ0) is 12.5. The number of nitrogens with one attached hydrogen (secondary N) is 1. The van der Waals surface area contributed by atoms with Gasteiger partial charge in [0.25, 0.3) is 0 Å². The fraction of sp³-hybridized carbons (Fsp3) is 0.538. The van der Waals surface area contributed by atoms with Crippen molar-refractivity contribution in [3.8, 4) is 0 Å². The first-order chi connectivity index (χ1) is 8.79. The van der Waals surface area contributed by atoms with Gasteiger partial charge in [0.2, 0.25) is 5.95 Å². The van der Waals surface area contributed by atoms with Crippen molar-refractivity contribution in [2.75, 3.05) is 24.5 Å². The molecule has 0 bridgehead atoms. The highest BCUT2D eigenvalue weighted by Crippen LogP contribution is 2.18. The maximum absolute atomic E-state index is 4.68. The van der Waals surface area contributed by atoms with Crippen LogP contribution in [0.2, 0.25) is 0 Å². The molecular weight excluding hydrogens is 226 g/mol. The molecule has 1 saturated heterocycles. The van der Waals surface area contributed by atoms with Gasteiger partial charge < -0.3 is 10.2 Å². The van der Waals surface area contributed by atoms with Crippen LogP contribution in [-0.2, 0) is 0 Å². The molecule has 1 fully saturated rings. The van der Waals surface area contributed by atoms with Crippen LogP contribution in [0.1, 0.15) is 18.9 Å². The summed E-state index contributed by atoms with van der Waals surface area (Å²) in [7, 11) is 0. The minimum atomic E-state index is 0.544. The molecule has 2 aromatic heterocycles. The van der Waals surface area contributed by atoms with Gasteiger partial charge in [0, 0.05) is 25.8 Å². The van der Waals surface area contributed by atoms with Crippen LogP contribution in [0.25, 0.3) is 5.65 Å². The number of pyridine rings is 1. The number of hydrogen-bond acceptors (Lipinski definition) is 4. The average molecular weight is 245 g/mol. The van der Waals surface area contributed by atoms with Crippen LogP contribution in [-0.4, -0.2) is 40.3 Å². The van der Waals surface area contributed by atoms with E-state index in [1.807, 2.05) is 16.8 Å². The summed E-state index contributed by atoms with van der Waals surface area (Å²) in [4.78, 5) is 7.01. The summed E-state index contributed by atoms with van der Waals surface area (Å²) in [6, 6.07) is 4.63. The number of hydrogen-bond donors (Lipinski definition) is 1. The summed E-state index contributed by atoms with van der Waals surface area (Å²) < 4.78 is 1.87. The second-order valence-corrected chi connectivity index (χ2v) is 4.88. The Kier molecular flexibility index (Phi) is 2.91. The lowest BCUT2D eigenvalue weighted by Crippen LogP contribution is -2.58. The molecule has 1 N–H and O–H groups in total. The molecule has 0 aromatic carbocycles. The van der Waals surface area contributed by atoms with Crippen molar-refractivity contribution in [3.63, 3.8) is 0 Å². The number of aromatic nitrogens is 3. The molecule has 1 aliphatic rings. The van der Waals surface area contributed by atoms with E-state index in [2.05, 4.69) is 40.2 Å². The maximum atomic E-state index is 4.68. The molecular formula is C13H19N5. The quantitative estimate of drug-likeness (QED) is 0.880. The standard InChI is InChI=1S/C13H19N5/c1-3-6-17(11-8-14-9-11)13-15-12-10(2)5-4-7-18(12)16-13/h4-5,7,11,14H,3,6,8-9H2,1-2H3. The summed E-state index contributed by atoms with van der Waals surface area (Å²) in [6.45, 7) is 7.36. The van der Waals surface area contributed by atoms with Gasteiger partial charge in [0.15, 0.2) is 5.65 Å². The van der Waals surface area contributed by atoms with Crippen molar-refractivity contribution >= 4 is 11.6 Å². The van der Waals surface area contributed by atoms with Crippen LogP contribution in [0.3, 0.4) is 0 Å². The van der Waals surface area contributed by atoms with Gasteiger partial charge in [-0.15, -0.1) is 5.10 Å². The molecule has 0 spiro atoms. The van der Waals surface area contributed by atoms with Gasteiger partial charge in [-0.1, -0.05) is 13.0 Å². The molecule has 96 valence electrons. The van der Waals surface area contributed by atoms with E-state index in [9.17, 15) is 0 Å². The van der Waals surface area contributed by atoms with Gasteiger partial charge in [0.05, 0.1) is 6.04 Å². The Hall–Kier alpha value is -1.62. The smallest absolute Gasteiger partial charge is 0.246 e. The lowest BCUT2D eigenvalue weighted by atomic mass is 10.1. The molecule has 18 heavy (non-hydrogen) atoms. The molecule has 5 nitrogen and oxygen atoms in total. The number of nitrogens with zero attached hydrogens (tertiary/aromatic N) is 4. The number of aryl methyl sites for hydroxylation is 1. The Bertz CT molecular complexity index is 543. The Morgan fingerprint density at radius 3 is 2.94 bits per heavy atom. The van der Waals surface area contributed by atoms with Crippen LogP contribution in [0.5, 0.6) is 0 Å². The van der Waals surface area contributed by atoms with E-state index in [-0.39, 0.29) is 0 Å². The normalized spacial score (nSPS) is 15.9. The zero-order valence-electron chi connectivity index (χ0n) is 10.9. The Morgan fingerprint density at radius 1 is 1.50 bits per heavy atom. The molecule has 1 aliphatic heterocycles. The molecule has 0 saturated carbocycles. The van der Waals surface area contributed by atoms with E-state index in [1.54, 1.807) is 0 Å². The van der Waals surface area contributed by atoms with E-state index in [1.165, 1.54) is 5.56 Å². The van der Waals surface area contributed by atoms with E-state index in [4.69, 9.17) is 0 Å². The van der Waals surface area contributed by atoms with Crippen LogP contribution >= 0.6 is 0 Å². The number of rotatable bonds is 4. The summed E-state index contributed by atoms with van der Waals surface area (Å²) in [5.74, 6) is 0.859. The molecule has 0 aliphatic carbocycles. The molecule has 3 heterocycles. The Morgan fingerprint density at radius 2 is 2.33 bits per heavy atom. The largest absolute Gasteiger partial charge is 0.334 e. The predicted molar refractivity (Wildman–Crippen MR) is 72.0 cm³/mol. The topological polar surface area (TPSA) is 45.5 Å². The Balaban J connectivity index is 1.98. The van der Waals surface area contributed by atoms with Crippen LogP contribution in [0.15, 0.2) is 18.3 Å². The first kappa shape index (κ1) is 11.5. The van der Waals surface area contributed by atoms with Crippen molar-refractivity contribution in [2.24, 2.45) is 0 Å². The van der Waals surface area contributed by atoms with Crippen molar-refractivity contribution < 1.29 is 0 Å². The van der Waals surface area contributed by atoms with Crippen molar-refractivity contribution in [1.82, 2.24) is 19.9 Å². The van der Waals surface area contributed by atoms with Crippen LogP contribution in [0, 0.1) is 6.92 Å². The lowest BCUT2D eigenvalue weighted by molar-refractivity contribution is 0.408. The van der Waals surface area contributed by atoms with Crippen LogP contribution < -0.4 is 10.2 Å². The van der Waals surface area contributed by atoms with Gasteiger partial charge in [-0.25, -0.2) is 4.52 Å². The van der Waals surface area contributed by atoms with Crippen molar-refractivity contribution in [1.29, 1.82) is 0 Å². The molecule has 0 amide bonds. The van der Waals surface area contributed by atoms with Gasteiger partial charge in [0.1, 0.15) is 0 Å². The van der Waals surface area contributed by atoms with Gasteiger partial charge in [-0.2, -0.15) is 4.98 Å². The minimum absolute atomic E-state index is 0.544. The van der Waals surface area contributed by atoms with E-state index < -0.39 is 0 Å². The highest BCUT2D eigenvalue weighted by Gasteiger charge is 2.26. The maximum Gasteiger partial charge on any atom is 0.246 e. The highest BCUT2D eigenvalue weighted by atomic mass is 15.4. The predicted octanol–water partition coefficient (Wildman–Crippen LogP) is 1.23. The highest BCUT2D eigenvalue weighted by molar-refractivity contribution is 5.51. The SMILES string of the molecule is CCCN(c1nc2c(C)cccn2n1)C1CNC1. The zero-order valence-corrected chi connectivity index (χ0v) is 10.9. The Labute approximate surface area is 107 Å². The number of fused-ring (bicyclic) bond motifs is 1. The molecule has 2 aromatic rings. The third-order valence-electron chi connectivity index (χ3n) is 3.47. The monoisotopic (exact) mass is 245 g/mol. The molecule has 3 rings (SSSR count). The molecule has 0 unspecified atom stereocenters. The van der Waals surface area contributed by atoms with E-state index in [0.717, 1.165) is 37.7 Å². The third-order valence-corrected chi connectivity index (χ3v) is 3.47.